The van der Waals surface area contributed by atoms with Gasteiger partial charge in [-0.25, -0.2) is 0 Å². The smallest absolute Gasteiger partial charge is 0.0562 e. The Morgan fingerprint density at radius 1 is 1.31 bits per heavy atom. The summed E-state index contributed by atoms with van der Waals surface area (Å²) in [5, 5.41) is 3.51. The van der Waals surface area contributed by atoms with E-state index in [1.165, 1.54) is 0 Å². The molecule has 0 saturated carbocycles. The Morgan fingerprint density at radius 2 is 1.85 bits per heavy atom. The van der Waals surface area contributed by atoms with Crippen molar-refractivity contribution >= 4 is 0 Å². The highest BCUT2D eigenvalue weighted by Gasteiger charge is 2.47. The lowest BCUT2D eigenvalue weighted by Crippen LogP contribution is -2.58. The van der Waals surface area contributed by atoms with Crippen LogP contribution in [0, 0.1) is 10.8 Å². The molecular weight excluding hydrogens is 162 g/mol. The minimum absolute atomic E-state index is 0.340. The van der Waals surface area contributed by atoms with E-state index >= 15 is 0 Å². The molecule has 2 heteroatoms. The maximum absolute atomic E-state index is 5.36. The Balaban J connectivity index is 2.51. The third kappa shape index (κ3) is 2.23. The van der Waals surface area contributed by atoms with Crippen LogP contribution in [0.2, 0.25) is 0 Å². The van der Waals surface area contributed by atoms with Crippen molar-refractivity contribution < 1.29 is 4.74 Å². The Kier molecular flexibility index (Phi) is 3.03. The molecule has 0 aliphatic carbocycles. The maximum atomic E-state index is 5.36. The number of rotatable bonds is 3. The molecule has 0 atom stereocenters. The van der Waals surface area contributed by atoms with Gasteiger partial charge in [-0.3, -0.25) is 0 Å². The van der Waals surface area contributed by atoms with Crippen molar-refractivity contribution in [2.45, 2.75) is 40.7 Å². The van der Waals surface area contributed by atoms with E-state index < -0.39 is 0 Å². The molecule has 0 aromatic carbocycles. The van der Waals surface area contributed by atoms with Crippen LogP contribution in [0.5, 0.6) is 0 Å². The molecule has 0 unspecified atom stereocenters. The van der Waals surface area contributed by atoms with Gasteiger partial charge in [0.15, 0.2) is 0 Å². The van der Waals surface area contributed by atoms with E-state index in [0.717, 1.165) is 19.8 Å². The van der Waals surface area contributed by atoms with E-state index in [1.807, 2.05) is 0 Å². The van der Waals surface area contributed by atoms with E-state index in [0.29, 0.717) is 16.9 Å². The van der Waals surface area contributed by atoms with Crippen LogP contribution < -0.4 is 5.32 Å². The zero-order chi connectivity index (χ0) is 10.1. The topological polar surface area (TPSA) is 21.3 Å². The SMILES string of the molecule is CC(C)NCC1(C(C)(C)C)COC1. The molecule has 1 aliphatic rings. The molecule has 0 spiro atoms. The lowest BCUT2D eigenvalue weighted by molar-refractivity contribution is -0.168. The molecule has 1 saturated heterocycles. The van der Waals surface area contributed by atoms with Crippen LogP contribution in [0.15, 0.2) is 0 Å². The van der Waals surface area contributed by atoms with Crippen molar-refractivity contribution in [1.82, 2.24) is 5.32 Å². The molecule has 0 bridgehead atoms. The largest absolute Gasteiger partial charge is 0.380 e. The summed E-state index contributed by atoms with van der Waals surface area (Å²) in [6, 6.07) is 0.569. The second kappa shape index (κ2) is 3.58. The second-order valence-corrected chi connectivity index (χ2v) is 5.56. The van der Waals surface area contributed by atoms with E-state index in [1.54, 1.807) is 0 Å². The van der Waals surface area contributed by atoms with Gasteiger partial charge in [-0.15, -0.1) is 0 Å². The number of hydrogen-bond donors (Lipinski definition) is 1. The summed E-state index contributed by atoms with van der Waals surface area (Å²) in [6.45, 7) is 14.2. The molecule has 78 valence electrons. The normalized spacial score (nSPS) is 21.7. The van der Waals surface area contributed by atoms with Crippen LogP contribution >= 0.6 is 0 Å². The number of nitrogens with one attached hydrogen (secondary N) is 1. The molecule has 1 heterocycles. The second-order valence-electron chi connectivity index (χ2n) is 5.56. The van der Waals surface area contributed by atoms with E-state index in [9.17, 15) is 0 Å². The highest BCUT2D eigenvalue weighted by molar-refractivity contribution is 4.97. The molecule has 0 radical (unpaired) electrons. The van der Waals surface area contributed by atoms with E-state index in [4.69, 9.17) is 4.74 Å². The first-order chi connectivity index (χ1) is 5.87. The first kappa shape index (κ1) is 11.0. The molecule has 0 aromatic heterocycles. The lowest BCUT2D eigenvalue weighted by atomic mass is 9.65. The van der Waals surface area contributed by atoms with E-state index in [-0.39, 0.29) is 0 Å². The lowest BCUT2D eigenvalue weighted by Gasteiger charge is -2.51. The first-order valence-electron chi connectivity index (χ1n) is 5.18. The molecule has 1 N–H and O–H groups in total. The van der Waals surface area contributed by atoms with Gasteiger partial charge < -0.3 is 10.1 Å². The fourth-order valence-corrected chi connectivity index (χ4v) is 1.55. The first-order valence-corrected chi connectivity index (χ1v) is 5.18. The molecule has 13 heavy (non-hydrogen) atoms. The van der Waals surface area contributed by atoms with Crippen LogP contribution in [0.3, 0.4) is 0 Å². The van der Waals surface area contributed by atoms with Gasteiger partial charge in [-0.2, -0.15) is 0 Å². The molecular formula is C11H23NO. The quantitative estimate of drug-likeness (QED) is 0.726. The van der Waals surface area contributed by atoms with Crippen LogP contribution in [0.25, 0.3) is 0 Å². The van der Waals surface area contributed by atoms with Gasteiger partial charge >= 0.3 is 0 Å². The molecule has 0 aromatic rings. The summed E-state index contributed by atoms with van der Waals surface area (Å²) in [7, 11) is 0. The Hall–Kier alpha value is -0.0800. The van der Waals surface area contributed by atoms with Crippen LogP contribution in [-0.4, -0.2) is 25.8 Å². The summed E-state index contributed by atoms with van der Waals surface area (Å²) in [6.07, 6.45) is 0. The van der Waals surface area contributed by atoms with E-state index in [2.05, 4.69) is 39.9 Å². The Morgan fingerprint density at radius 3 is 2.08 bits per heavy atom. The summed E-state index contributed by atoms with van der Waals surface area (Å²) < 4.78 is 5.36. The summed E-state index contributed by atoms with van der Waals surface area (Å²) >= 11 is 0. The summed E-state index contributed by atoms with van der Waals surface area (Å²) in [4.78, 5) is 0. The van der Waals surface area contributed by atoms with Gasteiger partial charge in [0.25, 0.3) is 0 Å². The monoisotopic (exact) mass is 185 g/mol. The highest BCUT2D eigenvalue weighted by Crippen LogP contribution is 2.44. The zero-order valence-electron chi connectivity index (χ0n) is 9.61. The fraction of sp³-hybridized carbons (Fsp3) is 1.00. The van der Waals surface area contributed by atoms with Crippen LogP contribution in [0.1, 0.15) is 34.6 Å². The van der Waals surface area contributed by atoms with Crippen LogP contribution in [-0.2, 0) is 4.74 Å². The minimum atomic E-state index is 0.340. The third-order valence-electron chi connectivity index (χ3n) is 3.20. The summed E-state index contributed by atoms with van der Waals surface area (Å²) in [5.74, 6) is 0. The predicted octanol–water partition coefficient (Wildman–Crippen LogP) is 2.05. The third-order valence-corrected chi connectivity index (χ3v) is 3.20. The van der Waals surface area contributed by atoms with Crippen LogP contribution in [0.4, 0.5) is 0 Å². The summed E-state index contributed by atoms with van der Waals surface area (Å²) in [5.41, 5.74) is 0.699. The number of ether oxygens (including phenoxy) is 1. The van der Waals surface area contributed by atoms with Gasteiger partial charge in [0, 0.05) is 18.0 Å². The van der Waals surface area contributed by atoms with Gasteiger partial charge in [0.1, 0.15) is 0 Å². The number of hydrogen-bond acceptors (Lipinski definition) is 2. The van der Waals surface area contributed by atoms with Gasteiger partial charge in [-0.1, -0.05) is 34.6 Å². The van der Waals surface area contributed by atoms with Crippen molar-refractivity contribution in [2.75, 3.05) is 19.8 Å². The average molecular weight is 185 g/mol. The predicted molar refractivity (Wildman–Crippen MR) is 55.8 cm³/mol. The van der Waals surface area contributed by atoms with Gasteiger partial charge in [0.2, 0.25) is 0 Å². The Labute approximate surface area is 82.0 Å². The molecule has 0 amide bonds. The standard InChI is InChI=1S/C11H23NO/c1-9(2)12-6-11(7-13-8-11)10(3,4)5/h9,12H,6-8H2,1-5H3. The molecule has 1 rings (SSSR count). The van der Waals surface area contributed by atoms with Gasteiger partial charge in [0.05, 0.1) is 13.2 Å². The minimum Gasteiger partial charge on any atom is -0.380 e. The maximum Gasteiger partial charge on any atom is 0.0562 e. The van der Waals surface area contributed by atoms with Crippen molar-refractivity contribution in [3.05, 3.63) is 0 Å². The van der Waals surface area contributed by atoms with Crippen molar-refractivity contribution in [3.63, 3.8) is 0 Å². The van der Waals surface area contributed by atoms with Gasteiger partial charge in [-0.05, 0) is 5.41 Å². The van der Waals surface area contributed by atoms with Crippen molar-refractivity contribution in [3.8, 4) is 0 Å². The fourth-order valence-electron chi connectivity index (χ4n) is 1.55. The zero-order valence-corrected chi connectivity index (χ0v) is 9.61. The van der Waals surface area contributed by atoms with Crippen molar-refractivity contribution in [1.29, 1.82) is 0 Å². The highest BCUT2D eigenvalue weighted by atomic mass is 16.5. The van der Waals surface area contributed by atoms with Crippen molar-refractivity contribution in [2.24, 2.45) is 10.8 Å². The molecule has 1 fully saturated rings. The molecule has 2 nitrogen and oxygen atoms in total. The Bertz CT molecular complexity index is 165. The average Bonchev–Trinajstić information content (AvgIpc) is 1.80. The molecule has 1 aliphatic heterocycles.